The number of nitrogens with one attached hydrogen (secondary N) is 1. The number of nitrogens with zero attached hydrogens (tertiary/aromatic N) is 1. The molecular weight excluding hydrogens is 446 g/mol. The van der Waals surface area contributed by atoms with E-state index in [0.29, 0.717) is 16.9 Å². The van der Waals surface area contributed by atoms with Crippen molar-refractivity contribution >= 4 is 34.6 Å². The third-order valence-corrected chi connectivity index (χ3v) is 4.24. The molecule has 0 saturated carbocycles. The molecule has 0 aliphatic heterocycles. The highest BCUT2D eigenvalue weighted by molar-refractivity contribution is 14.1. The van der Waals surface area contributed by atoms with E-state index in [1.54, 1.807) is 36.4 Å². The smallest absolute Gasteiger partial charge is 0.262 e. The van der Waals surface area contributed by atoms with Gasteiger partial charge in [0.25, 0.3) is 5.91 Å². The largest absolute Gasteiger partial charge is 0.488 e. The lowest BCUT2D eigenvalue weighted by Gasteiger charge is -2.10. The molecule has 26 heavy (non-hydrogen) atoms. The van der Waals surface area contributed by atoms with Crippen molar-refractivity contribution in [3.8, 4) is 11.8 Å². The molecular formula is C20H18FIN2O2. The normalized spacial score (nSPS) is 11.2. The Labute approximate surface area is 165 Å². The second kappa shape index (κ2) is 9.34. The van der Waals surface area contributed by atoms with Gasteiger partial charge in [0.1, 0.15) is 29.8 Å². The zero-order valence-corrected chi connectivity index (χ0v) is 16.6. The Morgan fingerprint density at radius 1 is 1.35 bits per heavy atom. The number of hydrogen-bond acceptors (Lipinski definition) is 3. The number of rotatable bonds is 6. The van der Waals surface area contributed by atoms with Crippen LogP contribution in [0.2, 0.25) is 0 Å². The Kier molecular flexibility index (Phi) is 7.16. The maximum atomic E-state index is 13.6. The van der Waals surface area contributed by atoms with E-state index in [2.05, 4.69) is 27.9 Å². The van der Waals surface area contributed by atoms with Gasteiger partial charge < -0.3 is 10.1 Å². The van der Waals surface area contributed by atoms with Gasteiger partial charge in [-0.1, -0.05) is 24.3 Å². The molecule has 0 aromatic heterocycles. The highest BCUT2D eigenvalue weighted by atomic mass is 127. The van der Waals surface area contributed by atoms with Crippen molar-refractivity contribution in [2.75, 3.05) is 0 Å². The summed E-state index contributed by atoms with van der Waals surface area (Å²) in [6, 6.07) is 13.6. The minimum Gasteiger partial charge on any atom is -0.488 e. The predicted molar refractivity (Wildman–Crippen MR) is 107 cm³/mol. The van der Waals surface area contributed by atoms with Crippen LogP contribution in [0, 0.1) is 20.7 Å². The summed E-state index contributed by atoms with van der Waals surface area (Å²) in [4.78, 5) is 12.0. The van der Waals surface area contributed by atoms with E-state index >= 15 is 0 Å². The molecule has 2 aromatic rings. The summed E-state index contributed by atoms with van der Waals surface area (Å²) in [5.74, 6) is -0.106. The summed E-state index contributed by atoms with van der Waals surface area (Å²) >= 11 is 2.10. The molecule has 0 radical (unpaired) electrons. The van der Waals surface area contributed by atoms with Crippen LogP contribution in [0.3, 0.4) is 0 Å². The third-order valence-electron chi connectivity index (χ3n) is 3.39. The molecule has 0 aliphatic rings. The number of hydrogen-bond donors (Lipinski definition) is 1. The zero-order valence-electron chi connectivity index (χ0n) is 14.4. The second-order valence-electron chi connectivity index (χ2n) is 5.87. The van der Waals surface area contributed by atoms with Gasteiger partial charge in [0.05, 0.1) is 3.57 Å². The summed E-state index contributed by atoms with van der Waals surface area (Å²) in [5.41, 5.74) is 1.22. The summed E-state index contributed by atoms with van der Waals surface area (Å²) < 4.78 is 20.1. The highest BCUT2D eigenvalue weighted by Gasteiger charge is 2.11. The molecule has 0 fully saturated rings. The quantitative estimate of drug-likeness (QED) is 0.391. The van der Waals surface area contributed by atoms with Gasteiger partial charge in [0.15, 0.2) is 0 Å². The number of carbonyl (C=O) groups is 1. The van der Waals surface area contributed by atoms with E-state index < -0.39 is 5.91 Å². The van der Waals surface area contributed by atoms with E-state index in [1.807, 2.05) is 19.9 Å². The van der Waals surface area contributed by atoms with E-state index in [1.165, 1.54) is 12.1 Å². The molecule has 6 heteroatoms. The molecule has 0 heterocycles. The molecule has 0 atom stereocenters. The van der Waals surface area contributed by atoms with Crippen LogP contribution in [0.4, 0.5) is 4.39 Å². The Morgan fingerprint density at radius 3 is 2.69 bits per heavy atom. The fourth-order valence-electron chi connectivity index (χ4n) is 2.15. The summed E-state index contributed by atoms with van der Waals surface area (Å²) in [6.07, 6.45) is 1.53. The molecule has 0 spiro atoms. The highest BCUT2D eigenvalue weighted by Crippen LogP contribution is 2.24. The van der Waals surface area contributed by atoms with Crippen LogP contribution in [0.25, 0.3) is 6.08 Å². The SMILES string of the molecule is CC(C)NC(=O)/C(C#N)=C\c1ccc(OCc2ccccc2F)c(I)c1. The zero-order chi connectivity index (χ0) is 19.1. The number of amides is 1. The fraction of sp³-hybridized carbons (Fsp3) is 0.200. The van der Waals surface area contributed by atoms with E-state index in [0.717, 1.165) is 3.57 Å². The van der Waals surface area contributed by atoms with Crippen LogP contribution in [0.15, 0.2) is 48.0 Å². The van der Waals surface area contributed by atoms with Crippen molar-refractivity contribution in [2.45, 2.75) is 26.5 Å². The van der Waals surface area contributed by atoms with Crippen LogP contribution in [0.5, 0.6) is 5.75 Å². The lowest BCUT2D eigenvalue weighted by molar-refractivity contribution is -0.117. The van der Waals surface area contributed by atoms with Gasteiger partial charge >= 0.3 is 0 Å². The molecule has 1 amide bonds. The fourth-order valence-corrected chi connectivity index (χ4v) is 2.85. The minimum absolute atomic E-state index is 0.0366. The van der Waals surface area contributed by atoms with Crippen molar-refractivity contribution in [3.63, 3.8) is 0 Å². The average Bonchev–Trinajstić information content (AvgIpc) is 2.59. The van der Waals surface area contributed by atoms with Crippen LogP contribution < -0.4 is 10.1 Å². The van der Waals surface area contributed by atoms with Crippen molar-refractivity contribution in [2.24, 2.45) is 0 Å². The molecule has 0 aliphatic carbocycles. The topological polar surface area (TPSA) is 62.1 Å². The van der Waals surface area contributed by atoms with Crippen LogP contribution in [-0.4, -0.2) is 11.9 Å². The molecule has 0 unspecified atom stereocenters. The lowest BCUT2D eigenvalue weighted by Crippen LogP contribution is -2.30. The Morgan fingerprint density at radius 2 is 2.08 bits per heavy atom. The van der Waals surface area contributed by atoms with Crippen molar-refractivity contribution in [3.05, 3.63) is 68.6 Å². The van der Waals surface area contributed by atoms with Crippen molar-refractivity contribution in [1.82, 2.24) is 5.32 Å². The van der Waals surface area contributed by atoms with E-state index in [-0.39, 0.29) is 24.0 Å². The van der Waals surface area contributed by atoms with Gasteiger partial charge in [-0.15, -0.1) is 0 Å². The van der Waals surface area contributed by atoms with Crippen molar-refractivity contribution in [1.29, 1.82) is 5.26 Å². The number of ether oxygens (including phenoxy) is 1. The molecule has 0 saturated heterocycles. The first-order valence-corrected chi connectivity index (χ1v) is 9.07. The Hall–Kier alpha value is -2.40. The van der Waals surface area contributed by atoms with E-state index in [4.69, 9.17) is 4.74 Å². The number of benzene rings is 2. The first-order chi connectivity index (χ1) is 12.4. The standard InChI is InChI=1S/C20H18FIN2O2/c1-13(2)24-20(25)16(11-23)9-14-7-8-19(18(22)10-14)26-12-15-5-3-4-6-17(15)21/h3-10,13H,12H2,1-2H3,(H,24,25)/b16-9-. The van der Waals surface area contributed by atoms with Gasteiger partial charge in [-0.05, 0) is 66.3 Å². The molecule has 134 valence electrons. The average molecular weight is 464 g/mol. The Bertz CT molecular complexity index is 872. The van der Waals surface area contributed by atoms with Crippen molar-refractivity contribution < 1.29 is 13.9 Å². The molecule has 1 N–H and O–H groups in total. The van der Waals surface area contributed by atoms with Gasteiger partial charge in [-0.2, -0.15) is 5.26 Å². The second-order valence-corrected chi connectivity index (χ2v) is 7.03. The number of halogens is 2. The Balaban J connectivity index is 2.13. The summed E-state index contributed by atoms with van der Waals surface area (Å²) in [6.45, 7) is 3.78. The van der Waals surface area contributed by atoms with Crippen LogP contribution >= 0.6 is 22.6 Å². The molecule has 0 bridgehead atoms. The first-order valence-electron chi connectivity index (χ1n) is 7.99. The van der Waals surface area contributed by atoms with Crippen LogP contribution in [-0.2, 0) is 11.4 Å². The molecule has 4 nitrogen and oxygen atoms in total. The molecule has 2 aromatic carbocycles. The van der Waals surface area contributed by atoms with Gasteiger partial charge in [-0.25, -0.2) is 4.39 Å². The van der Waals surface area contributed by atoms with Crippen LogP contribution in [0.1, 0.15) is 25.0 Å². The number of carbonyl (C=O) groups excluding carboxylic acids is 1. The molecule has 2 rings (SSSR count). The summed E-state index contributed by atoms with van der Waals surface area (Å²) in [7, 11) is 0. The lowest BCUT2D eigenvalue weighted by atomic mass is 10.1. The maximum absolute atomic E-state index is 13.6. The van der Waals surface area contributed by atoms with Gasteiger partial charge in [0.2, 0.25) is 0 Å². The van der Waals surface area contributed by atoms with E-state index in [9.17, 15) is 14.4 Å². The number of nitriles is 1. The predicted octanol–water partition coefficient (Wildman–Crippen LogP) is 4.44. The monoisotopic (exact) mass is 464 g/mol. The summed E-state index contributed by atoms with van der Waals surface area (Å²) in [5, 5.41) is 11.9. The minimum atomic E-state index is -0.405. The third kappa shape index (κ3) is 5.56. The van der Waals surface area contributed by atoms with Gasteiger partial charge in [0, 0.05) is 11.6 Å². The van der Waals surface area contributed by atoms with Gasteiger partial charge in [-0.3, -0.25) is 4.79 Å². The first kappa shape index (κ1) is 19.9. The maximum Gasteiger partial charge on any atom is 0.262 e.